The van der Waals surface area contributed by atoms with Crippen molar-refractivity contribution in [3.63, 3.8) is 0 Å². The van der Waals surface area contributed by atoms with E-state index >= 15 is 0 Å². The van der Waals surface area contributed by atoms with E-state index in [4.69, 9.17) is 11.2 Å². The highest BCUT2D eigenvalue weighted by Gasteiger charge is 2.31. The summed E-state index contributed by atoms with van der Waals surface area (Å²) in [5, 5.41) is 11.2. The summed E-state index contributed by atoms with van der Waals surface area (Å²) in [6.45, 7) is 5.11. The fraction of sp³-hybridized carbons (Fsp3) is 0.818. The van der Waals surface area contributed by atoms with Crippen LogP contribution in [0.2, 0.25) is 0 Å². The summed E-state index contributed by atoms with van der Waals surface area (Å²) in [7, 11) is 0. The quantitative estimate of drug-likeness (QED) is 0.771. The maximum Gasteiger partial charge on any atom is 0.408 e. The molecule has 0 aromatic rings. The first-order chi connectivity index (χ1) is 7.61. The third-order valence-corrected chi connectivity index (χ3v) is 2.09. The molecule has 0 aromatic heterocycles. The molecular formula is C11H19NO4. The number of alkyl carbamates (subject to hydrolysis) is 1. The topological polar surface area (TPSA) is 75.6 Å². The van der Waals surface area contributed by atoms with Gasteiger partial charge in [0.15, 0.2) is 0 Å². The lowest BCUT2D eigenvalue weighted by Crippen LogP contribution is -2.43. The summed E-state index contributed by atoms with van der Waals surface area (Å²) < 4.78 is 12.7. The summed E-state index contributed by atoms with van der Waals surface area (Å²) in [6.07, 6.45) is 0.746. The molecule has 2 N–H and O–H groups in total. The van der Waals surface area contributed by atoms with Crippen LogP contribution in [-0.2, 0) is 9.53 Å². The number of carbonyl (C=O) groups is 2. The highest BCUT2D eigenvalue weighted by Crippen LogP contribution is 2.33. The molecule has 0 radical (unpaired) electrons. The third-order valence-electron chi connectivity index (χ3n) is 2.09. The normalized spacial score (nSPS) is 20.6. The molecule has 16 heavy (non-hydrogen) atoms. The third kappa shape index (κ3) is 5.00. The van der Waals surface area contributed by atoms with Crippen LogP contribution >= 0.6 is 0 Å². The van der Waals surface area contributed by atoms with E-state index in [1.165, 1.54) is 0 Å². The minimum Gasteiger partial charge on any atom is -0.480 e. The van der Waals surface area contributed by atoms with Crippen molar-refractivity contribution in [3.8, 4) is 0 Å². The van der Waals surface area contributed by atoms with Crippen LogP contribution in [0.5, 0.6) is 0 Å². The standard InChI is InChI=1S/C11H19NO4/c1-11(2,3)16-10(15)12-8(9(13)14)6-7-4-5-7/h7-8H,4-6H2,1-3H3,(H,12,15)(H,13,14)/t8-/m0/s1/i7D. The van der Waals surface area contributed by atoms with Gasteiger partial charge < -0.3 is 15.2 Å². The summed E-state index contributed by atoms with van der Waals surface area (Å²) >= 11 is 0. The van der Waals surface area contributed by atoms with Crippen LogP contribution < -0.4 is 5.32 Å². The van der Waals surface area contributed by atoms with Gasteiger partial charge in [0.25, 0.3) is 0 Å². The van der Waals surface area contributed by atoms with Gasteiger partial charge in [-0.3, -0.25) is 0 Å². The Morgan fingerprint density at radius 2 is 2.12 bits per heavy atom. The van der Waals surface area contributed by atoms with Gasteiger partial charge in [0.2, 0.25) is 0 Å². The Bertz CT molecular complexity index is 320. The maximum absolute atomic E-state index is 11.4. The molecule has 0 unspecified atom stereocenters. The first-order valence-corrected chi connectivity index (χ1v) is 5.34. The Balaban J connectivity index is 2.49. The van der Waals surface area contributed by atoms with E-state index in [0.29, 0.717) is 12.8 Å². The number of carboxylic acid groups (broad SMARTS) is 1. The molecule has 1 aliphatic rings. The molecular weight excluding hydrogens is 210 g/mol. The average Bonchev–Trinajstić information content (AvgIpc) is 2.78. The fourth-order valence-corrected chi connectivity index (χ4v) is 1.23. The second kappa shape index (κ2) is 4.72. The second-order valence-corrected chi connectivity index (χ2v) is 4.99. The number of rotatable bonds is 4. The van der Waals surface area contributed by atoms with Crippen molar-refractivity contribution in [3.05, 3.63) is 0 Å². The number of hydrogen-bond donors (Lipinski definition) is 2. The molecule has 0 spiro atoms. The van der Waals surface area contributed by atoms with Crippen LogP contribution in [0.3, 0.4) is 0 Å². The van der Waals surface area contributed by atoms with Crippen molar-refractivity contribution in [1.82, 2.24) is 5.32 Å². The molecule has 0 aromatic carbocycles. The smallest absolute Gasteiger partial charge is 0.408 e. The van der Waals surface area contributed by atoms with Crippen LogP contribution in [0.25, 0.3) is 0 Å². The summed E-state index contributed by atoms with van der Waals surface area (Å²) in [5.41, 5.74) is -0.661. The highest BCUT2D eigenvalue weighted by atomic mass is 16.6. The minimum atomic E-state index is -1.13. The Morgan fingerprint density at radius 3 is 2.50 bits per heavy atom. The zero-order chi connectivity index (χ0) is 13.3. The van der Waals surface area contributed by atoms with Gasteiger partial charge in [-0.15, -0.1) is 0 Å². The van der Waals surface area contributed by atoms with Gasteiger partial charge in [0.1, 0.15) is 11.6 Å². The molecule has 5 heteroatoms. The lowest BCUT2D eigenvalue weighted by Gasteiger charge is -2.21. The molecule has 1 amide bonds. The zero-order valence-corrected chi connectivity index (χ0v) is 9.87. The molecule has 0 bridgehead atoms. The predicted octanol–water partition coefficient (Wildman–Crippen LogP) is 1.76. The molecule has 1 atom stereocenters. The first-order valence-electron chi connectivity index (χ1n) is 5.84. The summed E-state index contributed by atoms with van der Waals surface area (Å²) in [5.74, 6) is -1.81. The van der Waals surface area contributed by atoms with Gasteiger partial charge in [0.05, 0.1) is 0 Å². The van der Waals surface area contributed by atoms with Gasteiger partial charge in [-0.2, -0.15) is 0 Å². The maximum atomic E-state index is 11.4. The molecule has 1 fully saturated rings. The first kappa shape index (κ1) is 11.2. The van der Waals surface area contributed by atoms with Gasteiger partial charge >= 0.3 is 12.1 Å². The van der Waals surface area contributed by atoms with E-state index < -0.39 is 29.6 Å². The van der Waals surface area contributed by atoms with E-state index in [0.717, 1.165) is 0 Å². The zero-order valence-electron chi connectivity index (χ0n) is 10.9. The largest absolute Gasteiger partial charge is 0.480 e. The molecule has 92 valence electrons. The number of aliphatic carboxylic acids is 1. The van der Waals surface area contributed by atoms with Crippen molar-refractivity contribution in [2.24, 2.45) is 5.89 Å². The van der Waals surface area contributed by atoms with Crippen molar-refractivity contribution in [1.29, 1.82) is 0 Å². The molecule has 1 aliphatic carbocycles. The Hall–Kier alpha value is -1.26. The van der Waals surface area contributed by atoms with Crippen LogP contribution in [-0.4, -0.2) is 28.8 Å². The van der Waals surface area contributed by atoms with E-state index in [1.807, 2.05) is 0 Å². The number of carbonyl (C=O) groups excluding carboxylic acids is 1. The molecule has 1 rings (SSSR count). The van der Waals surface area contributed by atoms with Gasteiger partial charge in [-0.05, 0) is 33.1 Å². The fourth-order valence-electron chi connectivity index (χ4n) is 1.23. The Morgan fingerprint density at radius 1 is 1.56 bits per heavy atom. The van der Waals surface area contributed by atoms with Crippen LogP contribution in [0.4, 0.5) is 4.79 Å². The van der Waals surface area contributed by atoms with E-state index in [9.17, 15) is 9.59 Å². The van der Waals surface area contributed by atoms with Gasteiger partial charge in [-0.1, -0.05) is 12.8 Å². The van der Waals surface area contributed by atoms with E-state index in [1.54, 1.807) is 20.8 Å². The van der Waals surface area contributed by atoms with Crippen molar-refractivity contribution in [2.75, 3.05) is 0 Å². The Kier molecular flexibility index (Phi) is 3.31. The van der Waals surface area contributed by atoms with Crippen LogP contribution in [0, 0.1) is 5.89 Å². The predicted molar refractivity (Wildman–Crippen MR) is 58.1 cm³/mol. The molecule has 0 saturated heterocycles. The van der Waals surface area contributed by atoms with E-state index in [2.05, 4.69) is 5.32 Å². The molecule has 0 heterocycles. The molecule has 5 nitrogen and oxygen atoms in total. The molecule has 0 aliphatic heterocycles. The van der Waals surface area contributed by atoms with Crippen molar-refractivity contribution in [2.45, 2.75) is 51.7 Å². The van der Waals surface area contributed by atoms with Crippen LogP contribution in [0.15, 0.2) is 0 Å². The number of carboxylic acids is 1. The van der Waals surface area contributed by atoms with Crippen molar-refractivity contribution >= 4 is 12.1 Å². The average molecular weight is 230 g/mol. The molecule has 1 saturated carbocycles. The summed E-state index contributed by atoms with van der Waals surface area (Å²) in [4.78, 5) is 22.4. The number of ether oxygens (including phenoxy) is 1. The number of amides is 1. The summed E-state index contributed by atoms with van der Waals surface area (Å²) in [6, 6.07) is -1.05. The monoisotopic (exact) mass is 230 g/mol. The highest BCUT2D eigenvalue weighted by molar-refractivity contribution is 5.80. The lowest BCUT2D eigenvalue weighted by molar-refractivity contribution is -0.139. The van der Waals surface area contributed by atoms with Crippen LogP contribution in [0.1, 0.15) is 41.4 Å². The SMILES string of the molecule is [2H]C1(C[C@H](NC(=O)OC(C)(C)C)C(=O)O)CC1. The number of nitrogens with one attached hydrogen (secondary N) is 1. The lowest BCUT2D eigenvalue weighted by atomic mass is 10.1. The Labute approximate surface area is 96.6 Å². The van der Waals surface area contributed by atoms with Crippen molar-refractivity contribution < 1.29 is 20.8 Å². The van der Waals surface area contributed by atoms with E-state index in [-0.39, 0.29) is 6.42 Å². The minimum absolute atomic E-state index is 0.127. The van der Waals surface area contributed by atoms with Gasteiger partial charge in [-0.25, -0.2) is 9.59 Å². The number of hydrogen-bond acceptors (Lipinski definition) is 3. The second-order valence-electron chi connectivity index (χ2n) is 4.99. The van der Waals surface area contributed by atoms with Gasteiger partial charge in [0, 0.05) is 1.37 Å².